The van der Waals surface area contributed by atoms with E-state index in [-0.39, 0.29) is 44.4 Å². The molecule has 0 unspecified atom stereocenters. The highest BCUT2D eigenvalue weighted by molar-refractivity contribution is 7.14. The van der Waals surface area contributed by atoms with E-state index in [0.717, 1.165) is 28.0 Å². The van der Waals surface area contributed by atoms with Gasteiger partial charge in [0.2, 0.25) is 5.91 Å². The van der Waals surface area contributed by atoms with Crippen molar-refractivity contribution in [3.63, 3.8) is 0 Å². The van der Waals surface area contributed by atoms with Crippen molar-refractivity contribution in [2.45, 2.75) is 12.6 Å². The Hall–Kier alpha value is -3.51. The molecule has 170 valence electrons. The Morgan fingerprint density at radius 2 is 2.03 bits per heavy atom. The molecule has 2 N–H and O–H groups in total. The number of alkyl halides is 3. The van der Waals surface area contributed by atoms with Gasteiger partial charge < -0.3 is 10.3 Å². The van der Waals surface area contributed by atoms with Gasteiger partial charge in [-0.05, 0) is 24.3 Å². The maximum atomic E-state index is 13.1. The molecule has 13 heteroatoms. The molecule has 0 atom stereocenters. The molecule has 4 rings (SSSR count). The van der Waals surface area contributed by atoms with Crippen LogP contribution in [-0.2, 0) is 24.4 Å². The average molecular weight is 496 g/mol. The summed E-state index contributed by atoms with van der Waals surface area (Å²) in [7, 11) is 1.30. The Morgan fingerprint density at radius 1 is 1.27 bits per heavy atom. The van der Waals surface area contributed by atoms with Crippen molar-refractivity contribution >= 4 is 44.9 Å². The summed E-state index contributed by atoms with van der Waals surface area (Å²) in [5.74, 6) is -0.550. The highest BCUT2D eigenvalue weighted by Crippen LogP contribution is 2.35. The summed E-state index contributed by atoms with van der Waals surface area (Å²) in [6, 6.07) is 4.53. The number of benzene rings is 1. The maximum absolute atomic E-state index is 13.1. The first-order chi connectivity index (χ1) is 15.5. The fourth-order valence-corrected chi connectivity index (χ4v) is 4.09. The van der Waals surface area contributed by atoms with Crippen LogP contribution in [0, 0.1) is 0 Å². The highest BCUT2D eigenvalue weighted by atomic mass is 35.5. The number of carbonyl (C=O) groups excluding carboxylic acids is 1. The first-order valence-electron chi connectivity index (χ1n) is 9.23. The molecule has 3 aromatic heterocycles. The zero-order valence-electron chi connectivity index (χ0n) is 16.7. The zero-order valence-corrected chi connectivity index (χ0v) is 18.2. The summed E-state index contributed by atoms with van der Waals surface area (Å²) in [6.07, 6.45) is -3.50. The molecule has 0 saturated carbocycles. The van der Waals surface area contributed by atoms with Gasteiger partial charge in [0, 0.05) is 29.2 Å². The number of aromatic nitrogens is 4. The van der Waals surface area contributed by atoms with Crippen molar-refractivity contribution in [1.82, 2.24) is 19.5 Å². The number of nitrogens with zero attached hydrogens (tertiary/aromatic N) is 3. The third-order valence-corrected chi connectivity index (χ3v) is 5.67. The smallest absolute Gasteiger partial charge is 0.307 e. The van der Waals surface area contributed by atoms with Crippen LogP contribution in [-0.4, -0.2) is 25.4 Å². The van der Waals surface area contributed by atoms with E-state index in [9.17, 15) is 27.6 Å². The van der Waals surface area contributed by atoms with E-state index in [1.165, 1.54) is 30.8 Å². The SMILES string of the molecule is Cn1c(=O)[nH]c2ccnc(CC(=O)Nc3nc(-c4cc(Cl)cc(C(F)(F)F)c4)cs3)c2c1=O. The predicted molar refractivity (Wildman–Crippen MR) is 118 cm³/mol. The van der Waals surface area contributed by atoms with Crippen LogP contribution < -0.4 is 16.6 Å². The third-order valence-electron chi connectivity index (χ3n) is 4.69. The number of aromatic amines is 1. The molecule has 0 spiro atoms. The molecule has 33 heavy (non-hydrogen) atoms. The molecular weight excluding hydrogens is 483 g/mol. The van der Waals surface area contributed by atoms with Gasteiger partial charge in [0.25, 0.3) is 5.56 Å². The number of hydrogen-bond donors (Lipinski definition) is 2. The molecule has 3 heterocycles. The van der Waals surface area contributed by atoms with Gasteiger partial charge in [-0.2, -0.15) is 13.2 Å². The first kappa shape index (κ1) is 22.7. The summed E-state index contributed by atoms with van der Waals surface area (Å²) in [5.41, 5.74) is -1.35. The molecule has 1 aromatic carbocycles. The summed E-state index contributed by atoms with van der Waals surface area (Å²) >= 11 is 6.83. The Labute approximate surface area is 191 Å². The molecule has 1 amide bonds. The molecular formula is C20H13ClF3N5O3S. The third kappa shape index (κ3) is 4.66. The van der Waals surface area contributed by atoms with Gasteiger partial charge in [-0.1, -0.05) is 11.6 Å². The molecule has 0 fully saturated rings. The van der Waals surface area contributed by atoms with E-state index < -0.39 is 28.9 Å². The lowest BCUT2D eigenvalue weighted by atomic mass is 10.1. The Balaban J connectivity index is 1.58. The van der Waals surface area contributed by atoms with Crippen LogP contribution in [0.5, 0.6) is 0 Å². The van der Waals surface area contributed by atoms with Gasteiger partial charge in [-0.25, -0.2) is 9.78 Å². The molecule has 8 nitrogen and oxygen atoms in total. The van der Waals surface area contributed by atoms with Crippen LogP contribution in [0.25, 0.3) is 22.2 Å². The van der Waals surface area contributed by atoms with Crippen LogP contribution in [0.3, 0.4) is 0 Å². The number of anilines is 1. The highest BCUT2D eigenvalue weighted by Gasteiger charge is 2.31. The summed E-state index contributed by atoms with van der Waals surface area (Å²) in [6.45, 7) is 0. The minimum atomic E-state index is -4.57. The topological polar surface area (TPSA) is 110 Å². The van der Waals surface area contributed by atoms with Crippen LogP contribution in [0.1, 0.15) is 11.3 Å². The van der Waals surface area contributed by atoms with Crippen LogP contribution in [0.4, 0.5) is 18.3 Å². The van der Waals surface area contributed by atoms with Crippen molar-refractivity contribution < 1.29 is 18.0 Å². The van der Waals surface area contributed by atoms with Crippen molar-refractivity contribution in [3.05, 3.63) is 73.0 Å². The molecule has 0 aliphatic heterocycles. The number of nitrogens with one attached hydrogen (secondary N) is 2. The first-order valence-corrected chi connectivity index (χ1v) is 10.5. The second kappa shape index (κ2) is 8.45. The predicted octanol–water partition coefficient (Wildman–Crippen LogP) is 3.60. The van der Waals surface area contributed by atoms with Crippen LogP contribution in [0.15, 0.2) is 45.4 Å². The van der Waals surface area contributed by atoms with Crippen molar-refractivity contribution in [2.24, 2.45) is 7.05 Å². The van der Waals surface area contributed by atoms with Crippen molar-refractivity contribution in [2.75, 3.05) is 5.32 Å². The molecule has 0 bridgehead atoms. The summed E-state index contributed by atoms with van der Waals surface area (Å²) < 4.78 is 40.0. The van der Waals surface area contributed by atoms with Crippen LogP contribution >= 0.6 is 22.9 Å². The van der Waals surface area contributed by atoms with Gasteiger partial charge in [-0.15, -0.1) is 11.3 Å². The number of fused-ring (bicyclic) bond motifs is 1. The maximum Gasteiger partial charge on any atom is 0.416 e. The number of H-pyrrole nitrogens is 1. The van der Waals surface area contributed by atoms with Gasteiger partial charge in [0.05, 0.1) is 34.3 Å². The number of hydrogen-bond acceptors (Lipinski definition) is 6. The second-order valence-electron chi connectivity index (χ2n) is 6.96. The van der Waals surface area contributed by atoms with Crippen LogP contribution in [0.2, 0.25) is 5.02 Å². The zero-order chi connectivity index (χ0) is 23.9. The minimum absolute atomic E-state index is 0.0972. The monoisotopic (exact) mass is 495 g/mol. The standard InChI is InChI=1S/C20H13ClF3N5O3S/c1-29-17(31)16-12(27-19(29)32)2-3-25-13(16)7-15(30)28-18-26-14(8-33-18)9-4-10(20(22,23)24)6-11(21)5-9/h2-6,8H,7H2,1H3,(H,27,32)(H,26,28,30). The van der Waals surface area contributed by atoms with Gasteiger partial charge in [-0.3, -0.25) is 19.1 Å². The van der Waals surface area contributed by atoms with E-state index in [1.807, 2.05) is 0 Å². The lowest BCUT2D eigenvalue weighted by Gasteiger charge is -2.08. The molecule has 0 radical (unpaired) electrons. The van der Waals surface area contributed by atoms with E-state index >= 15 is 0 Å². The number of amides is 1. The van der Waals surface area contributed by atoms with Crippen molar-refractivity contribution in [1.29, 1.82) is 0 Å². The lowest BCUT2D eigenvalue weighted by Crippen LogP contribution is -2.33. The Morgan fingerprint density at radius 3 is 2.76 bits per heavy atom. The van der Waals surface area contributed by atoms with Crippen molar-refractivity contribution in [3.8, 4) is 11.3 Å². The number of carbonyl (C=O) groups is 1. The van der Waals surface area contributed by atoms with E-state index in [0.29, 0.717) is 0 Å². The number of rotatable bonds is 4. The van der Waals surface area contributed by atoms with Gasteiger partial charge in [0.1, 0.15) is 0 Å². The minimum Gasteiger partial charge on any atom is -0.307 e. The molecule has 0 saturated heterocycles. The van der Waals surface area contributed by atoms with E-state index in [4.69, 9.17) is 11.6 Å². The molecule has 4 aromatic rings. The normalized spacial score (nSPS) is 11.7. The summed E-state index contributed by atoms with van der Waals surface area (Å²) in [5, 5.41) is 4.18. The fourth-order valence-electron chi connectivity index (χ4n) is 3.12. The Kier molecular flexibility index (Phi) is 5.80. The molecule has 0 aliphatic rings. The second-order valence-corrected chi connectivity index (χ2v) is 8.26. The summed E-state index contributed by atoms with van der Waals surface area (Å²) in [4.78, 5) is 47.6. The Bertz CT molecular complexity index is 1510. The lowest BCUT2D eigenvalue weighted by molar-refractivity contribution is -0.137. The largest absolute Gasteiger partial charge is 0.416 e. The average Bonchev–Trinajstić information content (AvgIpc) is 3.19. The number of pyridine rings is 1. The van der Waals surface area contributed by atoms with E-state index in [2.05, 4.69) is 20.3 Å². The number of thiazole rings is 1. The van der Waals surface area contributed by atoms with Gasteiger partial charge >= 0.3 is 11.9 Å². The fraction of sp³-hybridized carbons (Fsp3) is 0.150. The van der Waals surface area contributed by atoms with E-state index in [1.54, 1.807) is 0 Å². The quantitative estimate of drug-likeness (QED) is 0.449. The number of halogens is 4. The van der Waals surface area contributed by atoms with Gasteiger partial charge in [0.15, 0.2) is 5.13 Å². The molecule has 0 aliphatic carbocycles.